The quantitative estimate of drug-likeness (QED) is 0.850. The molecule has 4 nitrogen and oxygen atoms in total. The summed E-state index contributed by atoms with van der Waals surface area (Å²) in [5.74, 6) is 0.557. The molecule has 0 aromatic heterocycles. The standard InChI is InChI=1S/C15H15ClN2O2/c1-8-6-10(15(18)19)7-9(2)13(8)20-14-11(16)4-3-5-12(14)17/h3-7H,17H2,1-2H3,(H2,18,19). The van der Waals surface area contributed by atoms with Gasteiger partial charge in [0.2, 0.25) is 5.91 Å². The van der Waals surface area contributed by atoms with E-state index in [2.05, 4.69) is 0 Å². The van der Waals surface area contributed by atoms with Crippen molar-refractivity contribution in [3.63, 3.8) is 0 Å². The molecule has 0 atom stereocenters. The summed E-state index contributed by atoms with van der Waals surface area (Å²) in [5, 5.41) is 0.433. The van der Waals surface area contributed by atoms with Crippen LogP contribution in [-0.2, 0) is 0 Å². The predicted molar refractivity (Wildman–Crippen MR) is 80.4 cm³/mol. The number of para-hydroxylation sites is 1. The lowest BCUT2D eigenvalue weighted by Crippen LogP contribution is -2.11. The topological polar surface area (TPSA) is 78.3 Å². The van der Waals surface area contributed by atoms with Crippen LogP contribution in [0.25, 0.3) is 0 Å². The van der Waals surface area contributed by atoms with E-state index in [-0.39, 0.29) is 0 Å². The number of nitrogen functional groups attached to an aromatic ring is 1. The molecule has 0 aliphatic rings. The van der Waals surface area contributed by atoms with Gasteiger partial charge in [-0.05, 0) is 49.2 Å². The molecule has 0 bridgehead atoms. The third-order valence-corrected chi connectivity index (χ3v) is 3.24. The largest absolute Gasteiger partial charge is 0.453 e. The molecule has 0 aliphatic carbocycles. The molecule has 4 N–H and O–H groups in total. The minimum atomic E-state index is -0.472. The third-order valence-electron chi connectivity index (χ3n) is 2.95. The number of carbonyl (C=O) groups excluding carboxylic acids is 1. The summed E-state index contributed by atoms with van der Waals surface area (Å²) >= 11 is 6.09. The second-order valence-electron chi connectivity index (χ2n) is 4.56. The maximum absolute atomic E-state index is 11.2. The van der Waals surface area contributed by atoms with Gasteiger partial charge in [-0.3, -0.25) is 4.79 Å². The van der Waals surface area contributed by atoms with E-state index in [0.29, 0.717) is 27.8 Å². The van der Waals surface area contributed by atoms with Gasteiger partial charge in [0, 0.05) is 5.56 Å². The van der Waals surface area contributed by atoms with E-state index in [1.165, 1.54) is 0 Å². The Morgan fingerprint density at radius 3 is 2.25 bits per heavy atom. The first kappa shape index (κ1) is 14.2. The van der Waals surface area contributed by atoms with Crippen molar-refractivity contribution >= 4 is 23.2 Å². The van der Waals surface area contributed by atoms with Gasteiger partial charge in [0.15, 0.2) is 5.75 Å². The lowest BCUT2D eigenvalue weighted by Gasteiger charge is -2.15. The molecule has 0 radical (unpaired) electrons. The van der Waals surface area contributed by atoms with E-state index in [1.54, 1.807) is 30.3 Å². The number of aryl methyl sites for hydroxylation is 2. The minimum Gasteiger partial charge on any atom is -0.453 e. The number of hydrogen-bond acceptors (Lipinski definition) is 3. The first-order valence-electron chi connectivity index (χ1n) is 6.03. The van der Waals surface area contributed by atoms with E-state index < -0.39 is 5.91 Å². The molecule has 2 rings (SSSR count). The van der Waals surface area contributed by atoms with Crippen LogP contribution in [0.15, 0.2) is 30.3 Å². The van der Waals surface area contributed by atoms with Crippen molar-refractivity contribution < 1.29 is 9.53 Å². The van der Waals surface area contributed by atoms with Gasteiger partial charge in [0.1, 0.15) is 5.75 Å². The first-order valence-corrected chi connectivity index (χ1v) is 6.41. The fourth-order valence-electron chi connectivity index (χ4n) is 1.99. The van der Waals surface area contributed by atoms with Crippen LogP contribution in [-0.4, -0.2) is 5.91 Å². The number of halogens is 1. The van der Waals surface area contributed by atoms with Crippen LogP contribution >= 0.6 is 11.6 Å². The molecule has 2 aromatic rings. The molecule has 2 aromatic carbocycles. The molecule has 0 unspecified atom stereocenters. The Labute approximate surface area is 122 Å². The number of hydrogen-bond donors (Lipinski definition) is 2. The molecule has 0 spiro atoms. The Hall–Kier alpha value is -2.20. The van der Waals surface area contributed by atoms with Crippen LogP contribution in [0.4, 0.5) is 5.69 Å². The maximum atomic E-state index is 11.2. The first-order chi connectivity index (χ1) is 9.40. The van der Waals surface area contributed by atoms with Crippen molar-refractivity contribution in [3.05, 3.63) is 52.0 Å². The Kier molecular flexibility index (Phi) is 3.86. The molecule has 0 saturated carbocycles. The summed E-state index contributed by atoms with van der Waals surface area (Å²) in [5.41, 5.74) is 13.6. The number of carbonyl (C=O) groups is 1. The van der Waals surface area contributed by atoms with E-state index in [1.807, 2.05) is 13.8 Å². The lowest BCUT2D eigenvalue weighted by atomic mass is 10.1. The van der Waals surface area contributed by atoms with Crippen LogP contribution in [0.2, 0.25) is 5.02 Å². The number of ether oxygens (including phenoxy) is 1. The Balaban J connectivity index is 2.47. The van der Waals surface area contributed by atoms with Gasteiger partial charge in [0.25, 0.3) is 0 Å². The number of rotatable bonds is 3. The molecule has 5 heteroatoms. The Morgan fingerprint density at radius 1 is 1.15 bits per heavy atom. The summed E-state index contributed by atoms with van der Waals surface area (Å²) < 4.78 is 5.83. The normalized spacial score (nSPS) is 10.3. The van der Waals surface area contributed by atoms with E-state index in [9.17, 15) is 4.79 Å². The fraction of sp³-hybridized carbons (Fsp3) is 0.133. The average Bonchev–Trinajstić information content (AvgIpc) is 2.36. The third kappa shape index (κ3) is 2.70. The summed E-state index contributed by atoms with van der Waals surface area (Å²) in [4.78, 5) is 11.2. The Bertz CT molecular complexity index is 640. The second kappa shape index (κ2) is 5.43. The summed E-state index contributed by atoms with van der Waals surface area (Å²) in [6.07, 6.45) is 0. The molecule has 0 saturated heterocycles. The van der Waals surface area contributed by atoms with Crippen LogP contribution < -0.4 is 16.2 Å². The number of primary amides is 1. The SMILES string of the molecule is Cc1cc(C(N)=O)cc(C)c1Oc1c(N)cccc1Cl. The van der Waals surface area contributed by atoms with Gasteiger partial charge in [-0.25, -0.2) is 0 Å². The van der Waals surface area contributed by atoms with Crippen LogP contribution in [0.3, 0.4) is 0 Å². The highest BCUT2D eigenvalue weighted by atomic mass is 35.5. The van der Waals surface area contributed by atoms with Gasteiger partial charge in [-0.15, -0.1) is 0 Å². The van der Waals surface area contributed by atoms with Crippen molar-refractivity contribution in [2.75, 3.05) is 5.73 Å². The van der Waals surface area contributed by atoms with Crippen LogP contribution in [0.1, 0.15) is 21.5 Å². The number of amides is 1. The smallest absolute Gasteiger partial charge is 0.248 e. The van der Waals surface area contributed by atoms with Crippen LogP contribution in [0, 0.1) is 13.8 Å². The van der Waals surface area contributed by atoms with Crippen LogP contribution in [0.5, 0.6) is 11.5 Å². The molecule has 104 valence electrons. The highest BCUT2D eigenvalue weighted by molar-refractivity contribution is 6.32. The Morgan fingerprint density at radius 2 is 1.75 bits per heavy atom. The van der Waals surface area contributed by atoms with E-state index in [4.69, 9.17) is 27.8 Å². The fourth-order valence-corrected chi connectivity index (χ4v) is 2.21. The van der Waals surface area contributed by atoms with Gasteiger partial charge in [0.05, 0.1) is 10.7 Å². The van der Waals surface area contributed by atoms with Gasteiger partial charge in [-0.2, -0.15) is 0 Å². The zero-order valence-electron chi connectivity index (χ0n) is 11.2. The van der Waals surface area contributed by atoms with Crippen molar-refractivity contribution in [1.29, 1.82) is 0 Å². The molecule has 0 fully saturated rings. The summed E-state index contributed by atoms with van der Waals surface area (Å²) in [6.45, 7) is 3.67. The van der Waals surface area contributed by atoms with Gasteiger partial charge in [-0.1, -0.05) is 17.7 Å². The lowest BCUT2D eigenvalue weighted by molar-refractivity contribution is 0.1000. The minimum absolute atomic E-state index is 0.409. The van der Waals surface area contributed by atoms with E-state index in [0.717, 1.165) is 11.1 Å². The number of anilines is 1. The monoisotopic (exact) mass is 290 g/mol. The predicted octanol–water partition coefficient (Wildman–Crippen LogP) is 3.43. The molecule has 1 amide bonds. The van der Waals surface area contributed by atoms with Gasteiger partial charge >= 0.3 is 0 Å². The molecule has 0 heterocycles. The summed E-state index contributed by atoms with van der Waals surface area (Å²) in [7, 11) is 0. The zero-order chi connectivity index (χ0) is 14.9. The van der Waals surface area contributed by atoms with E-state index >= 15 is 0 Å². The highest BCUT2D eigenvalue weighted by Gasteiger charge is 2.13. The molecule has 0 aliphatic heterocycles. The van der Waals surface area contributed by atoms with Crippen molar-refractivity contribution in [2.45, 2.75) is 13.8 Å². The molecular weight excluding hydrogens is 276 g/mol. The zero-order valence-corrected chi connectivity index (χ0v) is 12.0. The maximum Gasteiger partial charge on any atom is 0.248 e. The molecule has 20 heavy (non-hydrogen) atoms. The average molecular weight is 291 g/mol. The highest BCUT2D eigenvalue weighted by Crippen LogP contribution is 2.37. The second-order valence-corrected chi connectivity index (χ2v) is 4.97. The number of benzene rings is 2. The van der Waals surface area contributed by atoms with Crippen molar-refractivity contribution in [2.24, 2.45) is 5.73 Å². The van der Waals surface area contributed by atoms with Crippen molar-refractivity contribution in [3.8, 4) is 11.5 Å². The van der Waals surface area contributed by atoms with Crippen molar-refractivity contribution in [1.82, 2.24) is 0 Å². The molecular formula is C15H15ClN2O2. The number of nitrogens with two attached hydrogens (primary N) is 2. The van der Waals surface area contributed by atoms with Gasteiger partial charge < -0.3 is 16.2 Å². The summed E-state index contributed by atoms with van der Waals surface area (Å²) in [6, 6.07) is 8.52.